The molecule has 4 rings (SSSR count). The highest BCUT2D eigenvalue weighted by atomic mass is 16.5. The van der Waals surface area contributed by atoms with Crippen LogP contribution in [0, 0.1) is 12.3 Å². The predicted molar refractivity (Wildman–Crippen MR) is 118 cm³/mol. The zero-order chi connectivity index (χ0) is 22.9. The fraction of sp³-hybridized carbons (Fsp3) is 0.400. The van der Waals surface area contributed by atoms with Crippen LogP contribution in [-0.2, 0) is 14.3 Å². The van der Waals surface area contributed by atoms with Gasteiger partial charge in [0.15, 0.2) is 0 Å². The molecule has 2 aliphatic rings. The molecular formula is C25H28N2O5. The summed E-state index contributed by atoms with van der Waals surface area (Å²) in [7, 11) is 0. The van der Waals surface area contributed by atoms with Crippen molar-refractivity contribution < 1.29 is 23.9 Å². The molecule has 2 aromatic rings. The number of rotatable bonds is 7. The number of nitrogens with one attached hydrogen (secondary N) is 1. The van der Waals surface area contributed by atoms with Gasteiger partial charge in [-0.15, -0.1) is 0 Å². The molecule has 32 heavy (non-hydrogen) atoms. The first-order chi connectivity index (χ1) is 15.3. The maximum absolute atomic E-state index is 12.8. The summed E-state index contributed by atoms with van der Waals surface area (Å²) < 4.78 is 10.9. The number of carbonyl (C=O) groups is 3. The van der Waals surface area contributed by atoms with Crippen LogP contribution in [0.1, 0.15) is 42.6 Å². The summed E-state index contributed by atoms with van der Waals surface area (Å²) >= 11 is 0. The molecule has 1 saturated heterocycles. The van der Waals surface area contributed by atoms with Gasteiger partial charge in [0.25, 0.3) is 5.91 Å². The van der Waals surface area contributed by atoms with E-state index in [0.29, 0.717) is 23.5 Å². The molecule has 2 fully saturated rings. The van der Waals surface area contributed by atoms with E-state index in [1.54, 1.807) is 36.1 Å². The number of likely N-dealkylation sites (tertiary alicyclic amines) is 1. The van der Waals surface area contributed by atoms with Crippen LogP contribution in [-0.4, -0.2) is 47.9 Å². The first-order valence-electron chi connectivity index (χ1n) is 10.9. The summed E-state index contributed by atoms with van der Waals surface area (Å²) in [5.41, 5.74) is 1.55. The standard InChI is InChI=1S/C25H28N2O5/c1-4-31-24(30)20-13-25(3)14-21(25)27(20)22(28)15-26-23(29)17-7-11-19(12-8-17)32-18-9-5-16(2)6-10-18/h5-12,20-21H,4,13-15H2,1-3H3,(H,26,29)/t20-,21-,25+/m0/s1. The number of benzene rings is 2. The lowest BCUT2D eigenvalue weighted by Crippen LogP contribution is -2.48. The Bertz CT molecular complexity index is 1020. The third-order valence-corrected chi connectivity index (χ3v) is 6.26. The van der Waals surface area contributed by atoms with Gasteiger partial charge in [-0.25, -0.2) is 4.79 Å². The molecule has 2 aromatic carbocycles. The van der Waals surface area contributed by atoms with Crippen molar-refractivity contribution >= 4 is 17.8 Å². The molecule has 0 aromatic heterocycles. The summed E-state index contributed by atoms with van der Waals surface area (Å²) in [6, 6.07) is 13.9. The second-order valence-corrected chi connectivity index (χ2v) is 8.77. The summed E-state index contributed by atoms with van der Waals surface area (Å²) in [5, 5.41) is 2.67. The number of hydrogen-bond acceptors (Lipinski definition) is 5. The van der Waals surface area contributed by atoms with Crippen LogP contribution in [0.4, 0.5) is 0 Å². The summed E-state index contributed by atoms with van der Waals surface area (Å²) in [6.45, 7) is 5.95. The van der Waals surface area contributed by atoms with Gasteiger partial charge >= 0.3 is 5.97 Å². The maximum Gasteiger partial charge on any atom is 0.328 e. The third-order valence-electron chi connectivity index (χ3n) is 6.26. The molecule has 1 aliphatic heterocycles. The Balaban J connectivity index is 1.33. The van der Waals surface area contributed by atoms with E-state index in [0.717, 1.165) is 12.0 Å². The van der Waals surface area contributed by atoms with Crippen LogP contribution in [0.5, 0.6) is 11.5 Å². The van der Waals surface area contributed by atoms with Crippen molar-refractivity contribution in [2.24, 2.45) is 5.41 Å². The average molecular weight is 437 g/mol. The van der Waals surface area contributed by atoms with Crippen molar-refractivity contribution in [2.75, 3.05) is 13.2 Å². The molecule has 2 amide bonds. The van der Waals surface area contributed by atoms with E-state index in [2.05, 4.69) is 12.2 Å². The Morgan fingerprint density at radius 2 is 1.66 bits per heavy atom. The number of aryl methyl sites for hydroxylation is 1. The number of amides is 2. The summed E-state index contributed by atoms with van der Waals surface area (Å²) in [5.74, 6) is 0.341. The molecule has 0 unspecified atom stereocenters. The minimum absolute atomic E-state index is 0.0234. The van der Waals surface area contributed by atoms with Crippen LogP contribution in [0.25, 0.3) is 0 Å². The minimum Gasteiger partial charge on any atom is -0.464 e. The highest BCUT2D eigenvalue weighted by Crippen LogP contribution is 2.59. The Hall–Kier alpha value is -3.35. The fourth-order valence-electron chi connectivity index (χ4n) is 4.34. The number of hydrogen-bond donors (Lipinski definition) is 1. The molecule has 7 nitrogen and oxygen atoms in total. The number of carbonyl (C=O) groups excluding carboxylic acids is 3. The lowest BCUT2D eigenvalue weighted by atomic mass is 10.0. The number of nitrogens with zero attached hydrogens (tertiary/aromatic N) is 1. The number of esters is 1. The van der Waals surface area contributed by atoms with Crippen molar-refractivity contribution in [2.45, 2.75) is 45.7 Å². The first kappa shape index (κ1) is 21.9. The quantitative estimate of drug-likeness (QED) is 0.672. The van der Waals surface area contributed by atoms with Crippen LogP contribution in [0.15, 0.2) is 48.5 Å². The molecule has 1 N–H and O–H groups in total. The average Bonchev–Trinajstić information content (AvgIpc) is 3.34. The SMILES string of the molecule is CCOC(=O)[C@@H]1C[C@]2(C)C[C@@H]2N1C(=O)CNC(=O)c1ccc(Oc2ccc(C)cc2)cc1. The van der Waals surface area contributed by atoms with Gasteiger partial charge in [-0.2, -0.15) is 0 Å². The Morgan fingerprint density at radius 1 is 1.03 bits per heavy atom. The molecule has 0 spiro atoms. The van der Waals surface area contributed by atoms with Crippen LogP contribution >= 0.6 is 0 Å². The molecule has 3 atom stereocenters. The van der Waals surface area contributed by atoms with Gasteiger partial charge in [0.05, 0.1) is 13.2 Å². The lowest BCUT2D eigenvalue weighted by Gasteiger charge is -2.26. The molecule has 1 saturated carbocycles. The smallest absolute Gasteiger partial charge is 0.328 e. The topological polar surface area (TPSA) is 84.9 Å². The Labute approximate surface area is 187 Å². The van der Waals surface area contributed by atoms with E-state index in [-0.39, 0.29) is 42.4 Å². The molecule has 1 aliphatic carbocycles. The predicted octanol–water partition coefficient (Wildman–Crippen LogP) is 3.46. The van der Waals surface area contributed by atoms with Crippen LogP contribution < -0.4 is 10.1 Å². The van der Waals surface area contributed by atoms with Crippen molar-refractivity contribution in [1.29, 1.82) is 0 Å². The van der Waals surface area contributed by atoms with E-state index < -0.39 is 6.04 Å². The van der Waals surface area contributed by atoms with Crippen molar-refractivity contribution in [3.05, 3.63) is 59.7 Å². The Kier molecular flexibility index (Phi) is 5.91. The van der Waals surface area contributed by atoms with Gasteiger partial charge < -0.3 is 19.7 Å². The van der Waals surface area contributed by atoms with E-state index in [1.165, 1.54) is 0 Å². The van der Waals surface area contributed by atoms with E-state index in [1.807, 2.05) is 31.2 Å². The van der Waals surface area contributed by atoms with E-state index in [4.69, 9.17) is 9.47 Å². The molecule has 7 heteroatoms. The van der Waals surface area contributed by atoms with Crippen molar-refractivity contribution in [1.82, 2.24) is 10.2 Å². The van der Waals surface area contributed by atoms with E-state index >= 15 is 0 Å². The zero-order valence-electron chi connectivity index (χ0n) is 18.6. The highest BCUT2D eigenvalue weighted by molar-refractivity contribution is 5.97. The van der Waals surface area contributed by atoms with Crippen LogP contribution in [0.2, 0.25) is 0 Å². The lowest BCUT2D eigenvalue weighted by molar-refractivity contribution is -0.153. The van der Waals surface area contributed by atoms with Gasteiger partial charge in [-0.05, 0) is 68.5 Å². The number of ether oxygens (including phenoxy) is 2. The molecule has 0 bridgehead atoms. The summed E-state index contributed by atoms with van der Waals surface area (Å²) in [6.07, 6.45) is 1.49. The largest absolute Gasteiger partial charge is 0.464 e. The molecular weight excluding hydrogens is 408 g/mol. The minimum atomic E-state index is -0.568. The normalized spacial score (nSPS) is 23.3. The monoisotopic (exact) mass is 436 g/mol. The fourth-order valence-corrected chi connectivity index (χ4v) is 4.34. The first-order valence-corrected chi connectivity index (χ1v) is 10.9. The molecule has 168 valence electrons. The second-order valence-electron chi connectivity index (χ2n) is 8.77. The van der Waals surface area contributed by atoms with Gasteiger partial charge in [0.2, 0.25) is 5.91 Å². The van der Waals surface area contributed by atoms with Gasteiger partial charge in [-0.1, -0.05) is 24.6 Å². The molecule has 1 heterocycles. The van der Waals surface area contributed by atoms with E-state index in [9.17, 15) is 14.4 Å². The van der Waals surface area contributed by atoms with Gasteiger partial charge in [0, 0.05) is 11.6 Å². The van der Waals surface area contributed by atoms with Crippen molar-refractivity contribution in [3.63, 3.8) is 0 Å². The second kappa shape index (κ2) is 8.65. The third kappa shape index (κ3) is 4.47. The van der Waals surface area contributed by atoms with Gasteiger partial charge in [0.1, 0.15) is 17.5 Å². The summed E-state index contributed by atoms with van der Waals surface area (Å²) in [4.78, 5) is 39.3. The number of piperidine rings is 1. The number of fused-ring (bicyclic) bond motifs is 1. The Morgan fingerprint density at radius 3 is 2.28 bits per heavy atom. The van der Waals surface area contributed by atoms with Crippen molar-refractivity contribution in [3.8, 4) is 11.5 Å². The van der Waals surface area contributed by atoms with Crippen LogP contribution in [0.3, 0.4) is 0 Å². The maximum atomic E-state index is 12.8. The van der Waals surface area contributed by atoms with Gasteiger partial charge in [-0.3, -0.25) is 9.59 Å². The highest BCUT2D eigenvalue weighted by Gasteiger charge is 2.64. The zero-order valence-corrected chi connectivity index (χ0v) is 18.6. The molecule has 0 radical (unpaired) electrons.